The Hall–Kier alpha value is -1.08. The third-order valence-electron chi connectivity index (χ3n) is 4.81. The van der Waals surface area contributed by atoms with Crippen molar-refractivity contribution in [3.8, 4) is 0 Å². The minimum atomic E-state index is -0.0308. The lowest BCUT2D eigenvalue weighted by molar-refractivity contribution is -0.129. The van der Waals surface area contributed by atoms with Crippen molar-refractivity contribution in [1.82, 2.24) is 19.9 Å². The summed E-state index contributed by atoms with van der Waals surface area (Å²) in [7, 11) is 0. The minimum Gasteiger partial charge on any atom is -0.337 e. The van der Waals surface area contributed by atoms with Gasteiger partial charge in [0.05, 0.1) is 5.75 Å². The Morgan fingerprint density at radius 3 is 2.79 bits per heavy atom. The number of hydrogen-bond donors (Lipinski definition) is 0. The van der Waals surface area contributed by atoms with Crippen molar-refractivity contribution < 1.29 is 9.32 Å². The van der Waals surface area contributed by atoms with Crippen LogP contribution in [0.5, 0.6) is 0 Å². The average Bonchev–Trinajstić information content (AvgIpc) is 3.31. The molecule has 2 aliphatic heterocycles. The van der Waals surface area contributed by atoms with Gasteiger partial charge in [-0.05, 0) is 38.8 Å². The molecule has 134 valence electrons. The Bertz CT molecular complexity index is 542. The van der Waals surface area contributed by atoms with Gasteiger partial charge in [-0.15, -0.1) is 0 Å². The molecule has 24 heavy (non-hydrogen) atoms. The van der Waals surface area contributed by atoms with E-state index in [1.165, 1.54) is 25.9 Å². The molecule has 2 aliphatic rings. The summed E-state index contributed by atoms with van der Waals surface area (Å²) in [5.74, 6) is 3.36. The molecule has 1 aromatic heterocycles. The van der Waals surface area contributed by atoms with Crippen LogP contribution < -0.4 is 0 Å². The van der Waals surface area contributed by atoms with E-state index in [1.54, 1.807) is 11.8 Å². The number of likely N-dealkylation sites (tertiary alicyclic amines) is 2. The number of amides is 1. The monoisotopic (exact) mass is 352 g/mol. The predicted octanol–water partition coefficient (Wildman–Crippen LogP) is 2.69. The molecular formula is C17H28N4O2S. The van der Waals surface area contributed by atoms with Crippen molar-refractivity contribution in [2.24, 2.45) is 0 Å². The lowest BCUT2D eigenvalue weighted by Gasteiger charge is -2.22. The molecule has 0 radical (unpaired) electrons. The van der Waals surface area contributed by atoms with Crippen LogP contribution in [-0.4, -0.2) is 63.5 Å². The van der Waals surface area contributed by atoms with Crippen LogP contribution in [-0.2, 0) is 4.79 Å². The zero-order valence-electron chi connectivity index (χ0n) is 14.7. The molecule has 3 rings (SSSR count). The third-order valence-corrected chi connectivity index (χ3v) is 5.73. The van der Waals surface area contributed by atoms with E-state index < -0.39 is 0 Å². The number of carbonyl (C=O) groups excluding carboxylic acids is 1. The molecule has 0 spiro atoms. The molecule has 0 unspecified atom stereocenters. The van der Waals surface area contributed by atoms with Gasteiger partial charge in [0.15, 0.2) is 5.82 Å². The molecule has 2 fully saturated rings. The lowest BCUT2D eigenvalue weighted by atomic mass is 10.2. The molecule has 0 bridgehead atoms. The molecular weight excluding hydrogens is 324 g/mol. The maximum absolute atomic E-state index is 12.6. The van der Waals surface area contributed by atoms with Gasteiger partial charge < -0.3 is 14.3 Å². The average molecular weight is 353 g/mol. The van der Waals surface area contributed by atoms with Crippen LogP contribution in [0.25, 0.3) is 0 Å². The van der Waals surface area contributed by atoms with Crippen LogP contribution in [0, 0.1) is 0 Å². The molecule has 0 aliphatic carbocycles. The molecule has 0 aromatic carbocycles. The molecule has 6 nitrogen and oxygen atoms in total. The van der Waals surface area contributed by atoms with E-state index in [4.69, 9.17) is 4.52 Å². The van der Waals surface area contributed by atoms with E-state index in [0.717, 1.165) is 37.5 Å². The molecule has 7 heteroatoms. The summed E-state index contributed by atoms with van der Waals surface area (Å²) in [6.07, 6.45) is 4.57. The first-order chi connectivity index (χ1) is 11.6. The van der Waals surface area contributed by atoms with E-state index in [9.17, 15) is 4.79 Å². The number of nitrogens with zero attached hydrogens (tertiary/aromatic N) is 4. The molecule has 0 N–H and O–H groups in total. The molecule has 1 aromatic rings. The Morgan fingerprint density at radius 1 is 1.29 bits per heavy atom. The van der Waals surface area contributed by atoms with Crippen molar-refractivity contribution in [1.29, 1.82) is 0 Å². The normalized spacial score (nSPS) is 22.0. The predicted molar refractivity (Wildman–Crippen MR) is 95.1 cm³/mol. The van der Waals surface area contributed by atoms with Gasteiger partial charge in [-0.1, -0.05) is 19.0 Å². The zero-order chi connectivity index (χ0) is 16.9. The van der Waals surface area contributed by atoms with Gasteiger partial charge in [-0.2, -0.15) is 16.7 Å². The van der Waals surface area contributed by atoms with Gasteiger partial charge in [0.2, 0.25) is 11.8 Å². The highest BCUT2D eigenvalue weighted by atomic mass is 32.2. The van der Waals surface area contributed by atoms with Gasteiger partial charge in [0.1, 0.15) is 6.04 Å². The zero-order valence-corrected chi connectivity index (χ0v) is 15.6. The molecule has 3 heterocycles. The second-order valence-corrected chi connectivity index (χ2v) is 8.10. The molecule has 0 saturated carbocycles. The quantitative estimate of drug-likeness (QED) is 0.703. The van der Waals surface area contributed by atoms with Crippen LogP contribution in [0.2, 0.25) is 0 Å². The molecule has 1 amide bonds. The Labute approximate surface area is 148 Å². The van der Waals surface area contributed by atoms with Gasteiger partial charge in [0.25, 0.3) is 0 Å². The first kappa shape index (κ1) is 17.7. The van der Waals surface area contributed by atoms with Crippen molar-refractivity contribution >= 4 is 17.7 Å². The summed E-state index contributed by atoms with van der Waals surface area (Å²) in [5, 5.41) is 4.04. The summed E-state index contributed by atoms with van der Waals surface area (Å²) in [6, 6.07) is -0.0308. The fraction of sp³-hybridized carbons (Fsp3) is 0.824. The van der Waals surface area contributed by atoms with Crippen molar-refractivity contribution in [3.63, 3.8) is 0 Å². The van der Waals surface area contributed by atoms with Crippen LogP contribution >= 0.6 is 11.8 Å². The maximum Gasteiger partial charge on any atom is 0.249 e. The Morgan fingerprint density at radius 2 is 2.08 bits per heavy atom. The SMILES string of the molecule is CC(C)c1noc([C@@H]2CCCN2C(=O)CSCCN2CCCC2)n1. The van der Waals surface area contributed by atoms with Crippen LogP contribution in [0.1, 0.15) is 63.2 Å². The topological polar surface area (TPSA) is 62.5 Å². The number of carbonyl (C=O) groups is 1. The summed E-state index contributed by atoms with van der Waals surface area (Å²) in [6.45, 7) is 8.43. The second kappa shape index (κ2) is 8.34. The van der Waals surface area contributed by atoms with E-state index in [0.29, 0.717) is 11.6 Å². The van der Waals surface area contributed by atoms with E-state index in [-0.39, 0.29) is 17.9 Å². The van der Waals surface area contributed by atoms with E-state index in [1.807, 2.05) is 18.7 Å². The Kier molecular flexibility index (Phi) is 6.16. The van der Waals surface area contributed by atoms with E-state index >= 15 is 0 Å². The molecule has 1 atom stereocenters. The highest BCUT2D eigenvalue weighted by Gasteiger charge is 2.34. The fourth-order valence-corrected chi connectivity index (χ4v) is 4.25. The first-order valence-electron chi connectivity index (χ1n) is 9.08. The van der Waals surface area contributed by atoms with Gasteiger partial charge >= 0.3 is 0 Å². The number of rotatable bonds is 7. The van der Waals surface area contributed by atoms with Gasteiger partial charge in [0, 0.05) is 24.8 Å². The third kappa shape index (κ3) is 4.30. The van der Waals surface area contributed by atoms with Gasteiger partial charge in [-0.25, -0.2) is 0 Å². The first-order valence-corrected chi connectivity index (χ1v) is 10.2. The summed E-state index contributed by atoms with van der Waals surface area (Å²) >= 11 is 1.74. The van der Waals surface area contributed by atoms with E-state index in [2.05, 4.69) is 15.0 Å². The highest BCUT2D eigenvalue weighted by Crippen LogP contribution is 2.32. The second-order valence-electron chi connectivity index (χ2n) is 6.99. The summed E-state index contributed by atoms with van der Waals surface area (Å²) < 4.78 is 5.41. The minimum absolute atomic E-state index is 0.0308. The van der Waals surface area contributed by atoms with Crippen molar-refractivity contribution in [2.45, 2.75) is 51.5 Å². The lowest BCUT2D eigenvalue weighted by Crippen LogP contribution is -2.32. The molecule has 2 saturated heterocycles. The van der Waals surface area contributed by atoms with Crippen molar-refractivity contribution in [2.75, 3.05) is 37.7 Å². The Balaban J connectivity index is 1.47. The number of aromatic nitrogens is 2. The van der Waals surface area contributed by atoms with Crippen LogP contribution in [0.3, 0.4) is 0 Å². The fourth-order valence-electron chi connectivity index (χ4n) is 3.38. The summed E-state index contributed by atoms with van der Waals surface area (Å²) in [5.41, 5.74) is 0. The van der Waals surface area contributed by atoms with Gasteiger partial charge in [-0.3, -0.25) is 4.79 Å². The highest BCUT2D eigenvalue weighted by molar-refractivity contribution is 7.99. The van der Waals surface area contributed by atoms with Crippen LogP contribution in [0.15, 0.2) is 4.52 Å². The smallest absolute Gasteiger partial charge is 0.249 e. The number of hydrogen-bond acceptors (Lipinski definition) is 6. The van der Waals surface area contributed by atoms with Crippen LogP contribution in [0.4, 0.5) is 0 Å². The maximum atomic E-state index is 12.6. The standard InChI is InChI=1S/C17H28N4O2S/c1-13(2)16-18-17(23-19-16)14-6-5-9-21(14)15(22)12-24-11-10-20-7-3-4-8-20/h13-14H,3-12H2,1-2H3/t14-/m0/s1. The van der Waals surface area contributed by atoms with Crippen molar-refractivity contribution in [3.05, 3.63) is 11.7 Å². The summed E-state index contributed by atoms with van der Waals surface area (Å²) in [4.78, 5) is 21.5. The number of thioether (sulfide) groups is 1. The largest absolute Gasteiger partial charge is 0.337 e.